The fraction of sp³-hybridized carbons (Fsp3) is 0.227. The van der Waals surface area contributed by atoms with Gasteiger partial charge in [0.15, 0.2) is 11.5 Å². The highest BCUT2D eigenvalue weighted by molar-refractivity contribution is 5.93. The van der Waals surface area contributed by atoms with Crippen LogP contribution in [0.5, 0.6) is 11.5 Å². The van der Waals surface area contributed by atoms with Crippen LogP contribution in [0.1, 0.15) is 24.0 Å². The van der Waals surface area contributed by atoms with Gasteiger partial charge in [-0.1, -0.05) is 29.7 Å². The molecule has 7 nitrogen and oxygen atoms in total. The highest BCUT2D eigenvalue weighted by Gasteiger charge is 2.10. The second-order valence-electron chi connectivity index (χ2n) is 6.08. The molecule has 0 aromatic heterocycles. The molecule has 150 valence electrons. The zero-order chi connectivity index (χ0) is 21.1. The number of methoxy groups -OCH3 is 1. The van der Waals surface area contributed by atoms with E-state index in [1.165, 1.54) is 13.3 Å². The predicted octanol–water partition coefficient (Wildman–Crippen LogP) is 2.88. The first kappa shape index (κ1) is 21.5. The third-order valence-corrected chi connectivity index (χ3v) is 3.84. The highest BCUT2D eigenvalue weighted by Crippen LogP contribution is 2.29. The Morgan fingerprint density at radius 1 is 1.14 bits per heavy atom. The zero-order valence-electron chi connectivity index (χ0n) is 16.4. The minimum absolute atomic E-state index is 0.00754. The molecule has 0 saturated carbocycles. The molecule has 0 aliphatic heterocycles. The SMILES string of the molecule is C#CCOc1c(C=NNC(=O)CCC(=O)Nc2ccc(C)cc2)cccc1OC. The third-order valence-electron chi connectivity index (χ3n) is 3.84. The number of benzene rings is 2. The van der Waals surface area contributed by atoms with Crippen molar-refractivity contribution in [3.8, 4) is 23.8 Å². The van der Waals surface area contributed by atoms with Crippen LogP contribution in [0.15, 0.2) is 47.6 Å². The van der Waals surface area contributed by atoms with E-state index < -0.39 is 0 Å². The second kappa shape index (κ2) is 11.1. The molecule has 0 aliphatic rings. The third kappa shape index (κ3) is 7.03. The largest absolute Gasteiger partial charge is 0.493 e. The van der Waals surface area contributed by atoms with Crippen molar-refractivity contribution in [1.82, 2.24) is 5.43 Å². The number of terminal acetylenes is 1. The standard InChI is InChI=1S/C22H23N3O4/c1-4-14-29-22-17(6-5-7-19(22)28-3)15-23-25-21(27)13-12-20(26)24-18-10-8-16(2)9-11-18/h1,5-11,15H,12-14H2,2-3H3,(H,24,26)(H,25,27). The Bertz CT molecular complexity index is 915. The number of hydrazone groups is 1. The van der Waals surface area contributed by atoms with E-state index in [-0.39, 0.29) is 31.3 Å². The fourth-order valence-corrected chi connectivity index (χ4v) is 2.38. The summed E-state index contributed by atoms with van der Waals surface area (Å²) in [6, 6.07) is 12.7. The molecule has 0 aliphatic carbocycles. The van der Waals surface area contributed by atoms with Crippen molar-refractivity contribution in [3.63, 3.8) is 0 Å². The molecule has 0 radical (unpaired) electrons. The average molecular weight is 393 g/mol. The summed E-state index contributed by atoms with van der Waals surface area (Å²) in [5.74, 6) is 2.70. The molecule has 0 bridgehead atoms. The number of nitrogens with one attached hydrogen (secondary N) is 2. The first-order valence-corrected chi connectivity index (χ1v) is 8.95. The molecule has 0 fully saturated rings. The van der Waals surface area contributed by atoms with Gasteiger partial charge in [-0.15, -0.1) is 6.42 Å². The van der Waals surface area contributed by atoms with Gasteiger partial charge in [-0.2, -0.15) is 5.10 Å². The quantitative estimate of drug-likeness (QED) is 0.389. The Labute approximate surface area is 170 Å². The Hall–Kier alpha value is -3.79. The summed E-state index contributed by atoms with van der Waals surface area (Å²) in [5.41, 5.74) is 4.78. The summed E-state index contributed by atoms with van der Waals surface area (Å²) in [5, 5.41) is 6.66. The van der Waals surface area contributed by atoms with Crippen LogP contribution in [-0.2, 0) is 9.59 Å². The maximum absolute atomic E-state index is 11.9. The molecule has 2 rings (SSSR count). The first-order chi connectivity index (χ1) is 14.0. The van der Waals surface area contributed by atoms with E-state index in [4.69, 9.17) is 15.9 Å². The van der Waals surface area contributed by atoms with Gasteiger partial charge in [0.25, 0.3) is 0 Å². The number of carbonyl (C=O) groups excluding carboxylic acids is 2. The number of hydrogen-bond donors (Lipinski definition) is 2. The summed E-state index contributed by atoms with van der Waals surface area (Å²) in [4.78, 5) is 23.9. The number of nitrogens with zero attached hydrogens (tertiary/aromatic N) is 1. The van der Waals surface area contributed by atoms with Crippen molar-refractivity contribution in [2.75, 3.05) is 19.0 Å². The smallest absolute Gasteiger partial charge is 0.240 e. The monoisotopic (exact) mass is 393 g/mol. The number of ether oxygens (including phenoxy) is 2. The summed E-state index contributed by atoms with van der Waals surface area (Å²) >= 11 is 0. The molecule has 29 heavy (non-hydrogen) atoms. The molecule has 0 heterocycles. The highest BCUT2D eigenvalue weighted by atomic mass is 16.5. The second-order valence-corrected chi connectivity index (χ2v) is 6.08. The van der Waals surface area contributed by atoms with Gasteiger partial charge in [-0.05, 0) is 31.2 Å². The summed E-state index contributed by atoms with van der Waals surface area (Å²) in [7, 11) is 1.52. The van der Waals surface area contributed by atoms with E-state index >= 15 is 0 Å². The molecule has 2 amide bonds. The Morgan fingerprint density at radius 3 is 2.55 bits per heavy atom. The summed E-state index contributed by atoms with van der Waals surface area (Å²) in [6.45, 7) is 2.04. The topological polar surface area (TPSA) is 89.0 Å². The minimum Gasteiger partial charge on any atom is -0.493 e. The maximum atomic E-state index is 11.9. The van der Waals surface area contributed by atoms with Gasteiger partial charge in [-0.25, -0.2) is 5.43 Å². The van der Waals surface area contributed by atoms with Crippen LogP contribution < -0.4 is 20.2 Å². The molecule has 7 heteroatoms. The maximum Gasteiger partial charge on any atom is 0.240 e. The molecule has 2 aromatic carbocycles. The number of rotatable bonds is 9. The lowest BCUT2D eigenvalue weighted by atomic mass is 10.2. The number of carbonyl (C=O) groups is 2. The van der Waals surface area contributed by atoms with Gasteiger partial charge in [0.05, 0.1) is 13.3 Å². The molecule has 0 unspecified atom stereocenters. The van der Waals surface area contributed by atoms with Crippen molar-refractivity contribution >= 4 is 23.7 Å². The Morgan fingerprint density at radius 2 is 1.86 bits per heavy atom. The molecule has 0 atom stereocenters. The van der Waals surface area contributed by atoms with Gasteiger partial charge < -0.3 is 14.8 Å². The molecule has 2 N–H and O–H groups in total. The lowest BCUT2D eigenvalue weighted by Gasteiger charge is -2.11. The van der Waals surface area contributed by atoms with Crippen molar-refractivity contribution in [3.05, 3.63) is 53.6 Å². The van der Waals surface area contributed by atoms with Gasteiger partial charge in [0.1, 0.15) is 6.61 Å². The zero-order valence-corrected chi connectivity index (χ0v) is 16.4. The number of hydrogen-bond acceptors (Lipinski definition) is 5. The van der Waals surface area contributed by atoms with Crippen LogP contribution in [0.4, 0.5) is 5.69 Å². The fourth-order valence-electron chi connectivity index (χ4n) is 2.38. The van der Waals surface area contributed by atoms with Crippen molar-refractivity contribution in [2.45, 2.75) is 19.8 Å². The van der Waals surface area contributed by atoms with Crippen LogP contribution >= 0.6 is 0 Å². The molecular weight excluding hydrogens is 370 g/mol. The average Bonchev–Trinajstić information content (AvgIpc) is 2.72. The van der Waals surface area contributed by atoms with Gasteiger partial charge >= 0.3 is 0 Å². The van der Waals surface area contributed by atoms with Gasteiger partial charge in [0.2, 0.25) is 11.8 Å². The van der Waals surface area contributed by atoms with E-state index in [2.05, 4.69) is 21.8 Å². The van der Waals surface area contributed by atoms with Crippen molar-refractivity contribution in [1.29, 1.82) is 0 Å². The van der Waals surface area contributed by atoms with Crippen molar-refractivity contribution in [2.24, 2.45) is 5.10 Å². The van der Waals surface area contributed by atoms with Crippen LogP contribution in [-0.4, -0.2) is 31.7 Å². The van der Waals surface area contributed by atoms with Crippen molar-refractivity contribution < 1.29 is 19.1 Å². The summed E-state index contributed by atoms with van der Waals surface area (Å²) < 4.78 is 10.7. The Kier molecular flexibility index (Phi) is 8.27. The van der Waals surface area contributed by atoms with Crippen LogP contribution in [0.25, 0.3) is 0 Å². The first-order valence-electron chi connectivity index (χ1n) is 8.95. The van der Waals surface area contributed by atoms with Crippen LogP contribution in [0, 0.1) is 19.3 Å². The summed E-state index contributed by atoms with van der Waals surface area (Å²) in [6.07, 6.45) is 6.71. The molecule has 0 spiro atoms. The number of aryl methyl sites for hydroxylation is 1. The molecule has 0 saturated heterocycles. The Balaban J connectivity index is 1.85. The van der Waals surface area contributed by atoms with E-state index in [9.17, 15) is 9.59 Å². The normalized spacial score (nSPS) is 10.2. The predicted molar refractivity (Wildman–Crippen MR) is 112 cm³/mol. The van der Waals surface area contributed by atoms with Gasteiger partial charge in [-0.3, -0.25) is 9.59 Å². The lowest BCUT2D eigenvalue weighted by Crippen LogP contribution is -2.20. The minimum atomic E-state index is -0.380. The number of anilines is 1. The number of para-hydroxylation sites is 1. The lowest BCUT2D eigenvalue weighted by molar-refractivity contribution is -0.124. The van der Waals surface area contributed by atoms with E-state index in [1.54, 1.807) is 18.2 Å². The molecular formula is C22H23N3O4. The van der Waals surface area contributed by atoms with Gasteiger partial charge in [0, 0.05) is 24.1 Å². The van der Waals surface area contributed by atoms with Crippen LogP contribution in [0.2, 0.25) is 0 Å². The van der Waals surface area contributed by atoms with E-state index in [1.807, 2.05) is 31.2 Å². The van der Waals surface area contributed by atoms with E-state index in [0.29, 0.717) is 22.7 Å². The van der Waals surface area contributed by atoms with E-state index in [0.717, 1.165) is 5.56 Å². The van der Waals surface area contributed by atoms with Crippen LogP contribution in [0.3, 0.4) is 0 Å². The molecule has 2 aromatic rings. The number of amides is 2.